The largest absolute Gasteiger partial charge is 0.376 e. The fraction of sp³-hybridized carbons (Fsp3) is 1.00. The first-order valence-corrected chi connectivity index (χ1v) is 6.56. The van der Waals surface area contributed by atoms with Crippen LogP contribution in [0.4, 0.5) is 0 Å². The lowest BCUT2D eigenvalue weighted by Gasteiger charge is -2.37. The Morgan fingerprint density at radius 3 is 2.27 bits per heavy atom. The molecule has 1 saturated heterocycles. The summed E-state index contributed by atoms with van der Waals surface area (Å²) >= 11 is 0. The second-order valence-corrected chi connectivity index (χ2v) is 4.96. The third-order valence-electron chi connectivity index (χ3n) is 3.40. The molecule has 0 aromatic heterocycles. The monoisotopic (exact) mass is 213 g/mol. The van der Waals surface area contributed by atoms with Gasteiger partial charge in [0.15, 0.2) is 0 Å². The Bertz CT molecular complexity index is 162. The van der Waals surface area contributed by atoms with Crippen LogP contribution in [-0.4, -0.2) is 24.8 Å². The molecule has 0 bridgehead atoms. The molecule has 0 amide bonds. The molecule has 3 unspecified atom stereocenters. The SMILES string of the molecule is CCCNC(CC)C1CC(C)OC(C)C1. The molecule has 3 atom stereocenters. The average Bonchev–Trinajstić information content (AvgIpc) is 2.17. The summed E-state index contributed by atoms with van der Waals surface area (Å²) in [7, 11) is 0. The van der Waals surface area contributed by atoms with Crippen LogP contribution in [0, 0.1) is 5.92 Å². The van der Waals surface area contributed by atoms with Crippen molar-refractivity contribution < 1.29 is 4.74 Å². The summed E-state index contributed by atoms with van der Waals surface area (Å²) in [6.07, 6.45) is 5.79. The Morgan fingerprint density at radius 2 is 1.80 bits per heavy atom. The third kappa shape index (κ3) is 4.12. The van der Waals surface area contributed by atoms with Gasteiger partial charge in [-0.05, 0) is 52.0 Å². The smallest absolute Gasteiger partial charge is 0.0553 e. The van der Waals surface area contributed by atoms with Gasteiger partial charge in [0.05, 0.1) is 12.2 Å². The van der Waals surface area contributed by atoms with Crippen LogP contribution in [0.2, 0.25) is 0 Å². The normalized spacial score (nSPS) is 34.0. The predicted octanol–water partition coefficient (Wildman–Crippen LogP) is 2.97. The summed E-state index contributed by atoms with van der Waals surface area (Å²) in [6.45, 7) is 10.1. The van der Waals surface area contributed by atoms with E-state index in [1.165, 1.54) is 25.7 Å². The number of ether oxygens (including phenoxy) is 1. The Balaban J connectivity index is 2.43. The molecule has 1 aliphatic rings. The lowest BCUT2D eigenvalue weighted by Crippen LogP contribution is -2.42. The van der Waals surface area contributed by atoms with Gasteiger partial charge < -0.3 is 10.1 Å². The maximum atomic E-state index is 5.79. The van der Waals surface area contributed by atoms with Crippen LogP contribution in [0.3, 0.4) is 0 Å². The van der Waals surface area contributed by atoms with Crippen molar-refractivity contribution in [2.75, 3.05) is 6.54 Å². The summed E-state index contributed by atoms with van der Waals surface area (Å²) < 4.78 is 5.79. The molecule has 2 nitrogen and oxygen atoms in total. The van der Waals surface area contributed by atoms with Crippen LogP contribution in [0.5, 0.6) is 0 Å². The van der Waals surface area contributed by atoms with Gasteiger partial charge in [0, 0.05) is 6.04 Å². The van der Waals surface area contributed by atoms with Crippen molar-refractivity contribution in [1.82, 2.24) is 5.32 Å². The zero-order valence-electron chi connectivity index (χ0n) is 10.8. The van der Waals surface area contributed by atoms with E-state index >= 15 is 0 Å². The lowest BCUT2D eigenvalue weighted by atomic mass is 9.85. The van der Waals surface area contributed by atoms with E-state index in [-0.39, 0.29) is 0 Å². The zero-order chi connectivity index (χ0) is 11.3. The van der Waals surface area contributed by atoms with E-state index in [2.05, 4.69) is 33.0 Å². The molecular formula is C13H27NO. The Labute approximate surface area is 94.8 Å². The van der Waals surface area contributed by atoms with Crippen molar-refractivity contribution in [1.29, 1.82) is 0 Å². The number of nitrogens with one attached hydrogen (secondary N) is 1. The van der Waals surface area contributed by atoms with Crippen LogP contribution in [0.1, 0.15) is 53.4 Å². The van der Waals surface area contributed by atoms with Gasteiger partial charge in [0.25, 0.3) is 0 Å². The summed E-state index contributed by atoms with van der Waals surface area (Å²) in [4.78, 5) is 0. The van der Waals surface area contributed by atoms with Crippen LogP contribution in [0.15, 0.2) is 0 Å². The molecule has 0 aliphatic carbocycles. The second kappa shape index (κ2) is 6.49. The van der Waals surface area contributed by atoms with Crippen molar-refractivity contribution in [3.63, 3.8) is 0 Å². The van der Waals surface area contributed by atoms with Crippen LogP contribution >= 0.6 is 0 Å². The van der Waals surface area contributed by atoms with Gasteiger partial charge in [-0.15, -0.1) is 0 Å². The van der Waals surface area contributed by atoms with Gasteiger partial charge in [-0.25, -0.2) is 0 Å². The molecule has 0 aromatic rings. The molecule has 0 radical (unpaired) electrons. The number of hydrogen-bond acceptors (Lipinski definition) is 2. The van der Waals surface area contributed by atoms with Crippen LogP contribution < -0.4 is 5.32 Å². The summed E-state index contributed by atoms with van der Waals surface area (Å²) in [6, 6.07) is 0.693. The Kier molecular flexibility index (Phi) is 5.62. The van der Waals surface area contributed by atoms with Crippen LogP contribution in [0.25, 0.3) is 0 Å². The average molecular weight is 213 g/mol. The minimum absolute atomic E-state index is 0.441. The fourth-order valence-electron chi connectivity index (χ4n) is 2.76. The predicted molar refractivity (Wildman–Crippen MR) is 65.1 cm³/mol. The molecule has 2 heteroatoms. The highest BCUT2D eigenvalue weighted by Crippen LogP contribution is 2.28. The number of rotatable bonds is 5. The van der Waals surface area contributed by atoms with E-state index in [0.29, 0.717) is 18.2 Å². The molecule has 90 valence electrons. The van der Waals surface area contributed by atoms with E-state index in [1.54, 1.807) is 0 Å². The van der Waals surface area contributed by atoms with Gasteiger partial charge in [0.1, 0.15) is 0 Å². The molecule has 1 rings (SSSR count). The summed E-state index contributed by atoms with van der Waals surface area (Å²) in [5, 5.41) is 3.67. The minimum Gasteiger partial charge on any atom is -0.376 e. The maximum absolute atomic E-state index is 5.79. The van der Waals surface area contributed by atoms with Gasteiger partial charge in [-0.3, -0.25) is 0 Å². The standard InChI is InChI=1S/C13H27NO/c1-5-7-14-13(6-2)12-8-10(3)15-11(4)9-12/h10-14H,5-9H2,1-4H3. The van der Waals surface area contributed by atoms with Gasteiger partial charge in [-0.1, -0.05) is 13.8 Å². The fourth-order valence-corrected chi connectivity index (χ4v) is 2.76. The molecule has 1 heterocycles. The van der Waals surface area contributed by atoms with Gasteiger partial charge in [0.2, 0.25) is 0 Å². The van der Waals surface area contributed by atoms with Gasteiger partial charge >= 0.3 is 0 Å². The first kappa shape index (κ1) is 13.0. The van der Waals surface area contributed by atoms with E-state index in [0.717, 1.165) is 12.5 Å². The van der Waals surface area contributed by atoms with E-state index in [9.17, 15) is 0 Å². The van der Waals surface area contributed by atoms with Crippen molar-refractivity contribution in [2.24, 2.45) is 5.92 Å². The molecule has 15 heavy (non-hydrogen) atoms. The van der Waals surface area contributed by atoms with Crippen molar-refractivity contribution in [3.05, 3.63) is 0 Å². The molecule has 0 spiro atoms. The first-order valence-electron chi connectivity index (χ1n) is 6.56. The highest BCUT2D eigenvalue weighted by atomic mass is 16.5. The van der Waals surface area contributed by atoms with Crippen LogP contribution in [-0.2, 0) is 4.74 Å². The minimum atomic E-state index is 0.441. The molecule has 1 aliphatic heterocycles. The van der Waals surface area contributed by atoms with Gasteiger partial charge in [-0.2, -0.15) is 0 Å². The van der Waals surface area contributed by atoms with Crippen molar-refractivity contribution in [2.45, 2.75) is 71.6 Å². The second-order valence-electron chi connectivity index (χ2n) is 4.96. The third-order valence-corrected chi connectivity index (χ3v) is 3.40. The molecule has 0 saturated carbocycles. The Hall–Kier alpha value is -0.0800. The topological polar surface area (TPSA) is 21.3 Å². The number of hydrogen-bond donors (Lipinski definition) is 1. The van der Waals surface area contributed by atoms with E-state index in [4.69, 9.17) is 4.74 Å². The van der Waals surface area contributed by atoms with Crippen molar-refractivity contribution >= 4 is 0 Å². The molecule has 1 fully saturated rings. The summed E-state index contributed by atoms with van der Waals surface area (Å²) in [5.74, 6) is 0.806. The first-order chi connectivity index (χ1) is 7.17. The quantitative estimate of drug-likeness (QED) is 0.758. The van der Waals surface area contributed by atoms with E-state index in [1.807, 2.05) is 0 Å². The molecular weight excluding hydrogens is 186 g/mol. The lowest BCUT2D eigenvalue weighted by molar-refractivity contribution is -0.0590. The van der Waals surface area contributed by atoms with E-state index < -0.39 is 0 Å². The molecule has 0 aromatic carbocycles. The summed E-state index contributed by atoms with van der Waals surface area (Å²) in [5.41, 5.74) is 0. The highest BCUT2D eigenvalue weighted by Gasteiger charge is 2.29. The maximum Gasteiger partial charge on any atom is 0.0553 e. The molecule has 1 N–H and O–H groups in total. The highest BCUT2D eigenvalue weighted by molar-refractivity contribution is 4.82. The van der Waals surface area contributed by atoms with Crippen molar-refractivity contribution in [3.8, 4) is 0 Å². The zero-order valence-corrected chi connectivity index (χ0v) is 10.8. The Morgan fingerprint density at radius 1 is 1.20 bits per heavy atom.